The van der Waals surface area contributed by atoms with E-state index < -0.39 is 10.0 Å². The third-order valence-corrected chi connectivity index (χ3v) is 9.08. The Kier molecular flexibility index (Phi) is 5.94. The maximum absolute atomic E-state index is 13.0. The fourth-order valence-corrected chi connectivity index (χ4v) is 7.44. The van der Waals surface area contributed by atoms with Crippen molar-refractivity contribution in [3.63, 3.8) is 0 Å². The van der Waals surface area contributed by atoms with Gasteiger partial charge in [0.05, 0.1) is 11.7 Å². The van der Waals surface area contributed by atoms with Gasteiger partial charge in [-0.15, -0.1) is 0 Å². The fourth-order valence-electron chi connectivity index (χ4n) is 5.08. The summed E-state index contributed by atoms with van der Waals surface area (Å²) in [6.07, 6.45) is 6.22. The molecular formula is C20H26Cl2N2O3S. The summed E-state index contributed by atoms with van der Waals surface area (Å²) in [6, 6.07) is 5.25. The lowest BCUT2D eigenvalue weighted by molar-refractivity contribution is -0.127. The molecule has 1 N–H and O–H groups in total. The monoisotopic (exact) mass is 444 g/mol. The molecule has 1 amide bonds. The smallest absolute Gasteiger partial charge is 0.224 e. The highest BCUT2D eigenvalue weighted by molar-refractivity contribution is 7.88. The lowest BCUT2D eigenvalue weighted by Gasteiger charge is -2.33. The molecule has 1 aliphatic heterocycles. The van der Waals surface area contributed by atoms with Gasteiger partial charge in [-0.05, 0) is 56.1 Å². The SMILES string of the molecule is O=C(N[C@@H]1C[C@H]2CC[C@H]1C2)[C@@H]1CCCN(S(=O)(=O)Cc2c(Cl)cccc2Cl)C1. The molecule has 1 saturated heterocycles. The lowest BCUT2D eigenvalue weighted by atomic mass is 9.93. The molecule has 28 heavy (non-hydrogen) atoms. The Morgan fingerprint density at radius 2 is 1.89 bits per heavy atom. The van der Waals surface area contributed by atoms with Crippen LogP contribution in [0.4, 0.5) is 0 Å². The van der Waals surface area contributed by atoms with Gasteiger partial charge >= 0.3 is 0 Å². The molecule has 1 aromatic carbocycles. The van der Waals surface area contributed by atoms with Crippen LogP contribution in [0.15, 0.2) is 18.2 Å². The fraction of sp³-hybridized carbons (Fsp3) is 0.650. The summed E-state index contributed by atoms with van der Waals surface area (Å²) in [5, 5.41) is 3.91. The maximum atomic E-state index is 13.0. The van der Waals surface area contributed by atoms with Gasteiger partial charge in [0.15, 0.2) is 0 Å². The van der Waals surface area contributed by atoms with Gasteiger partial charge in [-0.25, -0.2) is 12.7 Å². The minimum atomic E-state index is -3.60. The first kappa shape index (κ1) is 20.5. The van der Waals surface area contributed by atoms with Crippen LogP contribution in [0.5, 0.6) is 0 Å². The lowest BCUT2D eigenvalue weighted by Crippen LogP contribution is -2.48. The van der Waals surface area contributed by atoms with E-state index in [4.69, 9.17) is 23.2 Å². The number of halogens is 2. The first-order valence-electron chi connectivity index (χ1n) is 10.0. The van der Waals surface area contributed by atoms with Gasteiger partial charge in [-0.3, -0.25) is 4.79 Å². The molecule has 1 heterocycles. The van der Waals surface area contributed by atoms with E-state index in [0.717, 1.165) is 18.8 Å². The average molecular weight is 445 g/mol. The van der Waals surface area contributed by atoms with Crippen molar-refractivity contribution < 1.29 is 13.2 Å². The van der Waals surface area contributed by atoms with Crippen LogP contribution < -0.4 is 5.32 Å². The number of piperidine rings is 1. The molecule has 2 aliphatic carbocycles. The summed E-state index contributed by atoms with van der Waals surface area (Å²) >= 11 is 12.3. The van der Waals surface area contributed by atoms with Crippen molar-refractivity contribution in [2.75, 3.05) is 13.1 Å². The van der Waals surface area contributed by atoms with Gasteiger partial charge in [-0.2, -0.15) is 0 Å². The number of sulfonamides is 1. The molecule has 5 nitrogen and oxygen atoms in total. The third-order valence-electron chi connectivity index (χ3n) is 6.60. The Morgan fingerprint density at radius 1 is 1.14 bits per heavy atom. The molecule has 1 aromatic rings. The summed E-state index contributed by atoms with van der Waals surface area (Å²) < 4.78 is 27.3. The van der Waals surface area contributed by atoms with E-state index in [-0.39, 0.29) is 30.2 Å². The quantitative estimate of drug-likeness (QED) is 0.749. The Bertz CT molecular complexity index is 841. The number of carbonyl (C=O) groups excluding carboxylic acids is 1. The molecule has 154 valence electrons. The van der Waals surface area contributed by atoms with Crippen LogP contribution in [0.3, 0.4) is 0 Å². The summed E-state index contributed by atoms with van der Waals surface area (Å²) in [6.45, 7) is 0.666. The van der Waals surface area contributed by atoms with E-state index in [1.807, 2.05) is 0 Å². The predicted octanol–water partition coefficient (Wildman–Crippen LogP) is 3.84. The number of hydrogen-bond acceptors (Lipinski definition) is 3. The van der Waals surface area contributed by atoms with Gasteiger partial charge in [-0.1, -0.05) is 35.7 Å². The number of fused-ring (bicyclic) bond motifs is 2. The van der Waals surface area contributed by atoms with Crippen molar-refractivity contribution in [3.05, 3.63) is 33.8 Å². The van der Waals surface area contributed by atoms with E-state index in [9.17, 15) is 13.2 Å². The number of nitrogens with zero attached hydrogens (tertiary/aromatic N) is 1. The maximum Gasteiger partial charge on any atom is 0.224 e. The first-order valence-corrected chi connectivity index (χ1v) is 12.4. The van der Waals surface area contributed by atoms with Crippen molar-refractivity contribution in [1.82, 2.24) is 9.62 Å². The molecular weight excluding hydrogens is 419 g/mol. The van der Waals surface area contributed by atoms with Crippen LogP contribution >= 0.6 is 23.2 Å². The van der Waals surface area contributed by atoms with E-state index in [1.54, 1.807) is 18.2 Å². The van der Waals surface area contributed by atoms with Crippen molar-refractivity contribution >= 4 is 39.1 Å². The van der Waals surface area contributed by atoms with E-state index in [2.05, 4.69) is 5.32 Å². The molecule has 3 aliphatic rings. The Balaban J connectivity index is 1.40. The number of carbonyl (C=O) groups is 1. The van der Waals surface area contributed by atoms with Gasteiger partial charge in [0, 0.05) is 34.7 Å². The van der Waals surface area contributed by atoms with E-state index in [1.165, 1.54) is 23.6 Å². The van der Waals surface area contributed by atoms with Crippen LogP contribution in [-0.4, -0.2) is 37.8 Å². The molecule has 8 heteroatoms. The Labute approximate surface area is 176 Å². The van der Waals surface area contributed by atoms with Gasteiger partial charge in [0.2, 0.25) is 15.9 Å². The summed E-state index contributed by atoms with van der Waals surface area (Å²) in [7, 11) is -3.60. The topological polar surface area (TPSA) is 66.5 Å². The van der Waals surface area contributed by atoms with Crippen molar-refractivity contribution in [2.45, 2.75) is 50.3 Å². The van der Waals surface area contributed by atoms with E-state index in [0.29, 0.717) is 34.5 Å². The highest BCUT2D eigenvalue weighted by atomic mass is 35.5. The van der Waals surface area contributed by atoms with Crippen LogP contribution in [0.2, 0.25) is 10.0 Å². The second-order valence-electron chi connectivity index (χ2n) is 8.44. The number of benzene rings is 1. The molecule has 0 spiro atoms. The standard InChI is InChI=1S/C20H26Cl2N2O3S/c21-17-4-1-5-18(22)16(17)12-28(26,27)24-8-2-3-15(11-24)20(25)23-19-10-13-6-7-14(19)9-13/h1,4-5,13-15,19H,2-3,6-12H2,(H,23,25)/t13-,14-,15+,19+/m0/s1. The predicted molar refractivity (Wildman–Crippen MR) is 111 cm³/mol. The van der Waals surface area contributed by atoms with Crippen LogP contribution in [-0.2, 0) is 20.6 Å². The van der Waals surface area contributed by atoms with Gasteiger partial charge in [0.25, 0.3) is 0 Å². The molecule has 4 rings (SSSR count). The highest BCUT2D eigenvalue weighted by Gasteiger charge is 2.41. The van der Waals surface area contributed by atoms with Crippen LogP contribution in [0.25, 0.3) is 0 Å². The van der Waals surface area contributed by atoms with Crippen molar-refractivity contribution in [2.24, 2.45) is 17.8 Å². The average Bonchev–Trinajstić information content (AvgIpc) is 3.28. The molecule has 0 unspecified atom stereocenters. The van der Waals surface area contributed by atoms with Crippen molar-refractivity contribution in [3.8, 4) is 0 Å². The van der Waals surface area contributed by atoms with Gasteiger partial charge < -0.3 is 5.32 Å². The third kappa shape index (κ3) is 4.20. The normalized spacial score (nSPS) is 30.5. The zero-order chi connectivity index (χ0) is 19.9. The number of rotatable bonds is 5. The summed E-state index contributed by atoms with van der Waals surface area (Å²) in [5.74, 6) is 0.850. The molecule has 2 bridgehead atoms. The van der Waals surface area contributed by atoms with Crippen LogP contribution in [0.1, 0.15) is 44.1 Å². The number of nitrogens with one attached hydrogen (secondary N) is 1. The minimum absolute atomic E-state index is 0.00762. The molecule has 4 atom stereocenters. The Morgan fingerprint density at radius 3 is 2.54 bits per heavy atom. The molecule has 3 fully saturated rings. The second kappa shape index (κ2) is 8.13. The zero-order valence-electron chi connectivity index (χ0n) is 15.7. The zero-order valence-corrected chi connectivity index (χ0v) is 18.1. The largest absolute Gasteiger partial charge is 0.353 e. The van der Waals surface area contributed by atoms with E-state index >= 15 is 0 Å². The molecule has 0 radical (unpaired) electrons. The Hall–Kier alpha value is -0.820. The highest BCUT2D eigenvalue weighted by Crippen LogP contribution is 2.44. The number of amides is 1. The summed E-state index contributed by atoms with van der Waals surface area (Å²) in [5.41, 5.74) is 0.416. The van der Waals surface area contributed by atoms with Gasteiger partial charge in [0.1, 0.15) is 0 Å². The second-order valence-corrected chi connectivity index (χ2v) is 11.2. The number of hydrogen-bond donors (Lipinski definition) is 1. The summed E-state index contributed by atoms with van der Waals surface area (Å²) in [4.78, 5) is 12.8. The first-order chi connectivity index (χ1) is 13.3. The van der Waals surface area contributed by atoms with Crippen LogP contribution in [0, 0.1) is 17.8 Å². The minimum Gasteiger partial charge on any atom is -0.353 e. The molecule has 0 aromatic heterocycles. The van der Waals surface area contributed by atoms with Crippen molar-refractivity contribution in [1.29, 1.82) is 0 Å². The molecule has 2 saturated carbocycles.